The maximum Gasteiger partial charge on any atom is 0.243 e. The van der Waals surface area contributed by atoms with Gasteiger partial charge in [-0.3, -0.25) is 10.1 Å². The minimum Gasteiger partial charge on any atom is -0.338 e. The van der Waals surface area contributed by atoms with Crippen LogP contribution in [0.15, 0.2) is 10.6 Å². The van der Waals surface area contributed by atoms with Gasteiger partial charge in [0.15, 0.2) is 0 Å². The average molecular weight is 341 g/mol. The van der Waals surface area contributed by atoms with E-state index in [-0.39, 0.29) is 5.91 Å². The lowest BCUT2D eigenvalue weighted by Crippen LogP contribution is -2.37. The van der Waals surface area contributed by atoms with Crippen LogP contribution in [-0.4, -0.2) is 39.4 Å². The fourth-order valence-corrected chi connectivity index (χ4v) is 4.37. The molecule has 2 heterocycles. The van der Waals surface area contributed by atoms with Gasteiger partial charge < -0.3 is 4.52 Å². The van der Waals surface area contributed by atoms with Crippen molar-refractivity contribution in [1.82, 2.24) is 9.46 Å². The van der Waals surface area contributed by atoms with Gasteiger partial charge in [-0.2, -0.15) is 0 Å². The van der Waals surface area contributed by atoms with E-state index >= 15 is 0 Å². The van der Waals surface area contributed by atoms with Crippen molar-refractivity contribution in [2.24, 2.45) is 0 Å². The van der Waals surface area contributed by atoms with Crippen molar-refractivity contribution in [2.45, 2.75) is 62.8 Å². The molecular weight excluding hydrogens is 317 g/mol. The first-order chi connectivity index (χ1) is 10.9. The van der Waals surface area contributed by atoms with E-state index in [0.29, 0.717) is 31.3 Å². The van der Waals surface area contributed by atoms with Gasteiger partial charge >= 0.3 is 0 Å². The monoisotopic (exact) mass is 341 g/mol. The van der Waals surface area contributed by atoms with Gasteiger partial charge in [-0.25, -0.2) is 8.70 Å². The van der Waals surface area contributed by atoms with Crippen LogP contribution in [0, 0.1) is 0 Å². The van der Waals surface area contributed by atoms with Gasteiger partial charge in [-0.15, -0.1) is 0 Å². The second-order valence-corrected chi connectivity index (χ2v) is 8.65. The topological polar surface area (TPSA) is 58.4 Å². The number of hydrogen-bond donors (Lipinski definition) is 1. The van der Waals surface area contributed by atoms with Crippen LogP contribution in [0.4, 0.5) is 10.3 Å². The second kappa shape index (κ2) is 6.81. The predicted molar refractivity (Wildman–Crippen MR) is 89.1 cm³/mol. The van der Waals surface area contributed by atoms with Crippen molar-refractivity contribution in [1.29, 1.82) is 0 Å². The Morgan fingerprint density at radius 3 is 2.83 bits per heavy atom. The molecule has 1 amide bonds. The third-order valence-corrected chi connectivity index (χ3v) is 5.77. The molecule has 1 aliphatic heterocycles. The number of halogens is 1. The Morgan fingerprint density at radius 1 is 1.43 bits per heavy atom. The van der Waals surface area contributed by atoms with E-state index in [4.69, 9.17) is 4.52 Å². The summed E-state index contributed by atoms with van der Waals surface area (Å²) in [5.74, 6) is 0.701. The zero-order chi connectivity index (χ0) is 16.4. The number of carbonyl (C=O) groups excluding carboxylic acids is 1. The van der Waals surface area contributed by atoms with Crippen LogP contribution in [0.2, 0.25) is 0 Å². The Hall–Kier alpha value is -1.08. The average Bonchev–Trinajstić information content (AvgIpc) is 3.19. The lowest BCUT2D eigenvalue weighted by Gasteiger charge is -2.27. The highest BCUT2D eigenvalue weighted by atomic mass is 32.2. The number of amides is 1. The molecule has 1 aromatic heterocycles. The van der Waals surface area contributed by atoms with Crippen LogP contribution in [-0.2, 0) is 4.79 Å². The summed E-state index contributed by atoms with van der Waals surface area (Å²) in [5.41, 5.74) is 0.933. The SMILES string of the molecule is CC(C)(SN1CC[C@@H](F)C1)C(=O)Nc1cc(C2CCCC2)no1. The number of nitrogens with one attached hydrogen (secondary N) is 1. The number of hydrogen-bond acceptors (Lipinski definition) is 5. The summed E-state index contributed by atoms with van der Waals surface area (Å²) in [5, 5.41) is 6.89. The van der Waals surface area contributed by atoms with Crippen molar-refractivity contribution in [3.05, 3.63) is 11.8 Å². The molecule has 0 aromatic carbocycles. The molecule has 128 valence electrons. The summed E-state index contributed by atoms with van der Waals surface area (Å²) >= 11 is 1.39. The van der Waals surface area contributed by atoms with Gasteiger partial charge in [0.1, 0.15) is 10.9 Å². The quantitative estimate of drug-likeness (QED) is 0.827. The fourth-order valence-electron chi connectivity index (χ4n) is 3.16. The lowest BCUT2D eigenvalue weighted by atomic mass is 10.0. The van der Waals surface area contributed by atoms with Crippen LogP contribution in [0.25, 0.3) is 0 Å². The van der Waals surface area contributed by atoms with E-state index in [9.17, 15) is 9.18 Å². The van der Waals surface area contributed by atoms with E-state index in [2.05, 4.69) is 10.5 Å². The zero-order valence-corrected chi connectivity index (χ0v) is 14.5. The molecule has 0 radical (unpaired) electrons. The van der Waals surface area contributed by atoms with Crippen LogP contribution < -0.4 is 5.32 Å². The van der Waals surface area contributed by atoms with Gasteiger partial charge in [-0.05, 0) is 33.1 Å². The summed E-state index contributed by atoms with van der Waals surface area (Å²) in [6.07, 6.45) is 4.49. The van der Waals surface area contributed by atoms with Crippen molar-refractivity contribution >= 4 is 23.7 Å². The highest BCUT2D eigenvalue weighted by Gasteiger charge is 2.35. The van der Waals surface area contributed by atoms with Crippen LogP contribution >= 0.6 is 11.9 Å². The molecule has 2 aliphatic rings. The minimum absolute atomic E-state index is 0.154. The molecule has 1 aromatic rings. The molecule has 23 heavy (non-hydrogen) atoms. The van der Waals surface area contributed by atoms with Crippen molar-refractivity contribution < 1.29 is 13.7 Å². The fraction of sp³-hybridized carbons (Fsp3) is 0.750. The molecule has 2 fully saturated rings. The van der Waals surface area contributed by atoms with Crippen LogP contribution in [0.1, 0.15) is 57.6 Å². The third kappa shape index (κ3) is 4.07. The summed E-state index contributed by atoms with van der Waals surface area (Å²) < 4.78 is 19.8. The standard InChI is InChI=1S/C16H24FN3O2S/c1-16(2,23-20-8-7-12(17)10-20)15(21)18-14-9-13(19-22-14)11-5-3-4-6-11/h9,11-12H,3-8,10H2,1-2H3,(H,18,21)/t12-/m1/s1. The Balaban J connectivity index is 1.57. The Kier molecular flexibility index (Phi) is 4.96. The normalized spacial score (nSPS) is 23.5. The molecule has 3 rings (SSSR count). The lowest BCUT2D eigenvalue weighted by molar-refractivity contribution is -0.117. The van der Waals surface area contributed by atoms with Gasteiger partial charge in [0.05, 0.1) is 5.69 Å². The van der Waals surface area contributed by atoms with Gasteiger partial charge in [-0.1, -0.05) is 29.9 Å². The number of rotatable bonds is 5. The van der Waals surface area contributed by atoms with E-state index in [1.807, 2.05) is 24.2 Å². The molecule has 0 unspecified atom stereocenters. The molecule has 1 atom stereocenters. The van der Waals surface area contributed by atoms with Crippen LogP contribution in [0.5, 0.6) is 0 Å². The highest BCUT2D eigenvalue weighted by molar-refractivity contribution is 7.99. The molecule has 7 heteroatoms. The maximum atomic E-state index is 13.3. The number of nitrogens with zero attached hydrogens (tertiary/aromatic N) is 2. The number of aromatic nitrogens is 1. The first-order valence-corrected chi connectivity index (χ1v) is 9.07. The second-order valence-electron chi connectivity index (χ2n) is 6.93. The number of anilines is 1. The summed E-state index contributed by atoms with van der Waals surface area (Å²) in [6.45, 7) is 4.74. The molecule has 0 spiro atoms. The summed E-state index contributed by atoms with van der Waals surface area (Å²) in [6, 6.07) is 1.84. The minimum atomic E-state index is -0.787. The molecular formula is C16H24FN3O2S. The smallest absolute Gasteiger partial charge is 0.243 e. The van der Waals surface area contributed by atoms with Crippen molar-refractivity contribution in [3.63, 3.8) is 0 Å². The van der Waals surface area contributed by atoms with E-state index < -0.39 is 10.9 Å². The molecule has 1 aliphatic carbocycles. The number of alkyl halides is 1. The Bertz CT molecular complexity index is 557. The van der Waals surface area contributed by atoms with E-state index in [1.54, 1.807) is 0 Å². The predicted octanol–water partition coefficient (Wildman–Crippen LogP) is 3.74. The largest absolute Gasteiger partial charge is 0.338 e. The molecule has 1 saturated carbocycles. The molecule has 1 saturated heterocycles. The van der Waals surface area contributed by atoms with E-state index in [1.165, 1.54) is 24.8 Å². The molecule has 5 nitrogen and oxygen atoms in total. The first kappa shape index (κ1) is 16.8. The maximum absolute atomic E-state index is 13.3. The Labute approximate surface area is 140 Å². The number of carbonyl (C=O) groups is 1. The van der Waals surface area contributed by atoms with Crippen LogP contribution in [0.3, 0.4) is 0 Å². The highest BCUT2D eigenvalue weighted by Crippen LogP contribution is 2.35. The third-order valence-electron chi connectivity index (χ3n) is 4.54. The summed E-state index contributed by atoms with van der Waals surface area (Å²) in [7, 11) is 0. The molecule has 0 bridgehead atoms. The van der Waals surface area contributed by atoms with E-state index in [0.717, 1.165) is 18.5 Å². The Morgan fingerprint density at radius 2 is 2.17 bits per heavy atom. The summed E-state index contributed by atoms with van der Waals surface area (Å²) in [4.78, 5) is 12.5. The van der Waals surface area contributed by atoms with Crippen molar-refractivity contribution in [3.8, 4) is 0 Å². The first-order valence-electron chi connectivity index (χ1n) is 8.30. The van der Waals surface area contributed by atoms with Gasteiger partial charge in [0, 0.05) is 25.1 Å². The van der Waals surface area contributed by atoms with Gasteiger partial charge in [0.25, 0.3) is 0 Å². The zero-order valence-electron chi connectivity index (χ0n) is 13.7. The molecule has 1 N–H and O–H groups in total. The van der Waals surface area contributed by atoms with Crippen molar-refractivity contribution in [2.75, 3.05) is 18.4 Å². The van der Waals surface area contributed by atoms with Gasteiger partial charge in [0.2, 0.25) is 11.8 Å².